The first-order valence-corrected chi connectivity index (χ1v) is 3.22. The van der Waals surface area contributed by atoms with Crippen molar-refractivity contribution < 1.29 is 19.3 Å². The van der Waals surface area contributed by atoms with Gasteiger partial charge in [0.05, 0.1) is 0 Å². The Hall–Kier alpha value is -2.05. The highest BCUT2D eigenvalue weighted by Crippen LogP contribution is 2.06. The van der Waals surface area contributed by atoms with Crippen LogP contribution in [0.4, 0.5) is 5.88 Å². The number of carbonyl (C=O) groups is 1. The summed E-state index contributed by atoms with van der Waals surface area (Å²) in [6.07, 6.45) is 0. The normalized spacial score (nSPS) is 11.3. The van der Waals surface area contributed by atoms with E-state index in [9.17, 15) is 4.79 Å². The molecule has 1 aromatic heterocycles. The lowest BCUT2D eigenvalue weighted by Crippen LogP contribution is -2.15. The van der Waals surface area contributed by atoms with E-state index in [0.29, 0.717) is 0 Å². The third-order valence-electron chi connectivity index (χ3n) is 1.16. The molecule has 0 amide bonds. The van der Waals surface area contributed by atoms with E-state index in [1.54, 1.807) is 0 Å². The van der Waals surface area contributed by atoms with Gasteiger partial charge in [-0.25, -0.2) is 4.79 Å². The molecule has 0 bridgehead atoms. The predicted octanol–water partition coefficient (Wildman–Crippen LogP) is -0.308. The van der Waals surface area contributed by atoms with Crippen LogP contribution < -0.4 is 5.73 Å². The van der Waals surface area contributed by atoms with Crippen molar-refractivity contribution in [3.8, 4) is 0 Å². The van der Waals surface area contributed by atoms with Gasteiger partial charge in [0.15, 0.2) is 0 Å². The Morgan fingerprint density at radius 3 is 2.92 bits per heavy atom. The molecule has 0 atom stereocenters. The van der Waals surface area contributed by atoms with Crippen molar-refractivity contribution in [1.29, 1.82) is 0 Å². The highest BCUT2D eigenvalue weighted by Gasteiger charge is 2.17. The number of nitrogen functional groups attached to an aromatic ring is 1. The summed E-state index contributed by atoms with van der Waals surface area (Å²) in [6.45, 7) is 0. The SMILES string of the molecule is CO/N=C(\C(=O)O)c1cc(N)on1. The van der Waals surface area contributed by atoms with Crippen molar-refractivity contribution in [2.45, 2.75) is 0 Å². The van der Waals surface area contributed by atoms with E-state index in [2.05, 4.69) is 19.7 Å². The maximum Gasteiger partial charge on any atom is 0.360 e. The summed E-state index contributed by atoms with van der Waals surface area (Å²) in [5, 5.41) is 15.2. The quantitative estimate of drug-likeness (QED) is 0.493. The molecule has 13 heavy (non-hydrogen) atoms. The minimum atomic E-state index is -1.27. The Morgan fingerprint density at radius 2 is 2.54 bits per heavy atom. The highest BCUT2D eigenvalue weighted by atomic mass is 16.6. The molecule has 1 rings (SSSR count). The highest BCUT2D eigenvalue weighted by molar-refractivity contribution is 6.41. The molecule has 3 N–H and O–H groups in total. The number of aromatic nitrogens is 1. The molecule has 1 aromatic rings. The van der Waals surface area contributed by atoms with E-state index in [-0.39, 0.29) is 17.3 Å². The fourth-order valence-electron chi connectivity index (χ4n) is 0.688. The van der Waals surface area contributed by atoms with Crippen LogP contribution in [0.2, 0.25) is 0 Å². The average Bonchev–Trinajstić information content (AvgIpc) is 2.46. The second-order valence-corrected chi connectivity index (χ2v) is 2.04. The van der Waals surface area contributed by atoms with Crippen LogP contribution in [0.1, 0.15) is 5.69 Å². The van der Waals surface area contributed by atoms with Crippen LogP contribution in [0.5, 0.6) is 0 Å². The second-order valence-electron chi connectivity index (χ2n) is 2.04. The minimum Gasteiger partial charge on any atom is -0.476 e. The molecule has 0 radical (unpaired) electrons. The molecule has 0 aliphatic heterocycles. The van der Waals surface area contributed by atoms with Gasteiger partial charge in [-0.15, -0.1) is 0 Å². The third-order valence-corrected chi connectivity index (χ3v) is 1.16. The summed E-state index contributed by atoms with van der Waals surface area (Å²) >= 11 is 0. The first-order chi connectivity index (χ1) is 6.15. The number of nitrogens with zero attached hydrogens (tertiary/aromatic N) is 2. The van der Waals surface area contributed by atoms with Gasteiger partial charge in [0.2, 0.25) is 11.6 Å². The first kappa shape index (κ1) is 9.04. The van der Waals surface area contributed by atoms with Gasteiger partial charge in [0.25, 0.3) is 0 Å². The lowest BCUT2D eigenvalue weighted by atomic mass is 10.3. The van der Waals surface area contributed by atoms with Crippen LogP contribution in [0, 0.1) is 0 Å². The molecule has 0 aliphatic carbocycles. The standard InChI is InChI=1S/C6H7N3O4/c1-12-9-5(6(10)11)3-2-4(7)13-8-3/h2H,7H2,1H3,(H,10,11)/b9-5-. The Morgan fingerprint density at radius 1 is 1.85 bits per heavy atom. The molecule has 70 valence electrons. The van der Waals surface area contributed by atoms with Crippen molar-refractivity contribution in [3.05, 3.63) is 11.8 Å². The zero-order chi connectivity index (χ0) is 9.84. The zero-order valence-electron chi connectivity index (χ0n) is 6.72. The van der Waals surface area contributed by atoms with E-state index in [1.165, 1.54) is 13.2 Å². The van der Waals surface area contributed by atoms with Crippen LogP contribution in [-0.4, -0.2) is 29.1 Å². The number of hydrogen-bond donors (Lipinski definition) is 2. The number of carboxylic acids is 1. The summed E-state index contributed by atoms with van der Waals surface area (Å²) in [5.74, 6) is -1.25. The monoisotopic (exact) mass is 185 g/mol. The number of rotatable bonds is 3. The molecular formula is C6H7N3O4. The predicted molar refractivity (Wildman–Crippen MR) is 42.1 cm³/mol. The van der Waals surface area contributed by atoms with Crippen molar-refractivity contribution in [2.75, 3.05) is 12.8 Å². The Kier molecular flexibility index (Phi) is 2.48. The number of carboxylic acid groups (broad SMARTS) is 1. The average molecular weight is 185 g/mol. The number of hydrogen-bond acceptors (Lipinski definition) is 6. The fraction of sp³-hybridized carbons (Fsp3) is 0.167. The lowest BCUT2D eigenvalue weighted by Gasteiger charge is -1.92. The van der Waals surface area contributed by atoms with Crippen molar-refractivity contribution in [2.24, 2.45) is 5.16 Å². The molecule has 0 saturated carbocycles. The summed E-state index contributed by atoms with van der Waals surface area (Å²) in [4.78, 5) is 14.9. The van der Waals surface area contributed by atoms with E-state index in [4.69, 9.17) is 10.8 Å². The van der Waals surface area contributed by atoms with Gasteiger partial charge in [0, 0.05) is 6.07 Å². The van der Waals surface area contributed by atoms with E-state index in [0.717, 1.165) is 0 Å². The van der Waals surface area contributed by atoms with Gasteiger partial charge in [-0.2, -0.15) is 0 Å². The fourth-order valence-corrected chi connectivity index (χ4v) is 0.688. The Bertz CT molecular complexity index is 343. The van der Waals surface area contributed by atoms with Gasteiger partial charge in [0.1, 0.15) is 12.8 Å². The van der Waals surface area contributed by atoms with E-state index < -0.39 is 5.97 Å². The van der Waals surface area contributed by atoms with Gasteiger partial charge >= 0.3 is 5.97 Å². The molecule has 0 spiro atoms. The molecule has 0 unspecified atom stereocenters. The van der Waals surface area contributed by atoms with Crippen LogP contribution in [0.25, 0.3) is 0 Å². The molecule has 0 saturated heterocycles. The molecular weight excluding hydrogens is 178 g/mol. The van der Waals surface area contributed by atoms with Crippen LogP contribution in [-0.2, 0) is 9.63 Å². The topological polar surface area (TPSA) is 111 Å². The van der Waals surface area contributed by atoms with Gasteiger partial charge in [-0.3, -0.25) is 0 Å². The largest absolute Gasteiger partial charge is 0.476 e. The van der Waals surface area contributed by atoms with E-state index in [1.807, 2.05) is 0 Å². The number of aliphatic carboxylic acids is 1. The molecule has 1 heterocycles. The zero-order valence-corrected chi connectivity index (χ0v) is 6.72. The number of oxime groups is 1. The maximum atomic E-state index is 10.6. The summed E-state index contributed by atoms with van der Waals surface area (Å²) in [7, 11) is 1.23. The van der Waals surface area contributed by atoms with Crippen LogP contribution in [0.15, 0.2) is 15.7 Å². The number of nitrogens with two attached hydrogens (primary N) is 1. The lowest BCUT2D eigenvalue weighted by molar-refractivity contribution is -0.129. The molecule has 0 fully saturated rings. The minimum absolute atomic E-state index is 0.0139. The Labute approximate surface area is 72.8 Å². The van der Waals surface area contributed by atoms with Gasteiger partial charge < -0.3 is 20.2 Å². The van der Waals surface area contributed by atoms with Crippen molar-refractivity contribution in [1.82, 2.24) is 5.16 Å². The Balaban J connectivity index is 3.02. The van der Waals surface area contributed by atoms with Gasteiger partial charge in [-0.1, -0.05) is 10.3 Å². The molecule has 7 heteroatoms. The maximum absolute atomic E-state index is 10.6. The summed E-state index contributed by atoms with van der Waals surface area (Å²) < 4.78 is 4.47. The molecule has 7 nitrogen and oxygen atoms in total. The van der Waals surface area contributed by atoms with Crippen molar-refractivity contribution in [3.63, 3.8) is 0 Å². The summed E-state index contributed by atoms with van der Waals surface area (Å²) in [6, 6.07) is 1.24. The van der Waals surface area contributed by atoms with Crippen LogP contribution in [0.3, 0.4) is 0 Å². The second kappa shape index (κ2) is 3.57. The summed E-state index contributed by atoms with van der Waals surface area (Å²) in [5.41, 5.74) is 4.86. The van der Waals surface area contributed by atoms with E-state index >= 15 is 0 Å². The molecule has 0 aliphatic rings. The first-order valence-electron chi connectivity index (χ1n) is 3.22. The molecule has 0 aromatic carbocycles. The van der Waals surface area contributed by atoms with Gasteiger partial charge in [-0.05, 0) is 0 Å². The number of anilines is 1. The smallest absolute Gasteiger partial charge is 0.360 e. The van der Waals surface area contributed by atoms with Crippen molar-refractivity contribution >= 4 is 17.6 Å². The van der Waals surface area contributed by atoms with Crippen LogP contribution >= 0.6 is 0 Å². The third kappa shape index (κ3) is 1.95.